The van der Waals surface area contributed by atoms with E-state index < -0.39 is 11.7 Å². The molecule has 0 aliphatic heterocycles. The molecule has 2 N–H and O–H groups in total. The van der Waals surface area contributed by atoms with Crippen LogP contribution in [-0.2, 0) is 6.54 Å². The van der Waals surface area contributed by atoms with Gasteiger partial charge in [0, 0.05) is 19.8 Å². The molecule has 0 atom stereocenters. The number of methoxy groups -OCH3 is 1. The topological polar surface area (TPSA) is 63.2 Å². The van der Waals surface area contributed by atoms with Crippen molar-refractivity contribution in [3.63, 3.8) is 0 Å². The van der Waals surface area contributed by atoms with Gasteiger partial charge in [-0.3, -0.25) is 4.79 Å². The summed E-state index contributed by atoms with van der Waals surface area (Å²) in [7, 11) is 3.13. The van der Waals surface area contributed by atoms with Crippen LogP contribution in [0.1, 0.15) is 15.9 Å². The molecule has 0 unspecified atom stereocenters. The molecule has 6 heteroatoms. The Bertz CT molecular complexity index is 629. The molecule has 0 saturated heterocycles. The summed E-state index contributed by atoms with van der Waals surface area (Å²) in [5, 5.41) is 5.27. The summed E-state index contributed by atoms with van der Waals surface area (Å²) >= 11 is 0. The second kappa shape index (κ2) is 6.69. The van der Waals surface area contributed by atoms with Crippen LogP contribution in [0.5, 0.6) is 5.75 Å². The predicted octanol–water partition coefficient (Wildman–Crippen LogP) is 2.20. The van der Waals surface area contributed by atoms with Crippen molar-refractivity contribution in [2.75, 3.05) is 19.5 Å². The van der Waals surface area contributed by atoms with Crippen molar-refractivity contribution in [3.05, 3.63) is 53.5 Å². The number of ether oxygens (including phenoxy) is 1. The maximum atomic E-state index is 13.9. The van der Waals surface area contributed by atoms with Crippen molar-refractivity contribution in [2.45, 2.75) is 6.54 Å². The molecule has 110 valence electrons. The summed E-state index contributed by atoms with van der Waals surface area (Å²) in [6.07, 6.45) is 1.39. The lowest BCUT2D eigenvalue weighted by atomic mass is 10.2. The first-order valence-corrected chi connectivity index (χ1v) is 6.39. The summed E-state index contributed by atoms with van der Waals surface area (Å²) < 4.78 is 19.0. The lowest BCUT2D eigenvalue weighted by Crippen LogP contribution is -2.24. The molecule has 0 aliphatic rings. The van der Waals surface area contributed by atoms with Crippen molar-refractivity contribution in [2.24, 2.45) is 0 Å². The van der Waals surface area contributed by atoms with Gasteiger partial charge >= 0.3 is 0 Å². The zero-order valence-corrected chi connectivity index (χ0v) is 11.8. The molecular weight excluding hydrogens is 273 g/mol. The quantitative estimate of drug-likeness (QED) is 0.885. The van der Waals surface area contributed by atoms with Gasteiger partial charge in [-0.05, 0) is 23.8 Å². The Balaban J connectivity index is 2.04. The van der Waals surface area contributed by atoms with Gasteiger partial charge in [0.05, 0.1) is 12.7 Å². The Labute approximate surface area is 122 Å². The van der Waals surface area contributed by atoms with Crippen molar-refractivity contribution >= 4 is 11.7 Å². The number of hydrogen-bond acceptors (Lipinski definition) is 4. The molecule has 2 aromatic rings. The number of amides is 1. The Hall–Kier alpha value is -2.63. The fraction of sp³-hybridized carbons (Fsp3) is 0.200. The summed E-state index contributed by atoms with van der Waals surface area (Å²) in [5.41, 5.74) is 0.857. The first kappa shape index (κ1) is 14.8. The molecular formula is C15H16FN3O2. The molecule has 0 radical (unpaired) electrons. The standard InChI is InChI=1S/C15H16FN3O2/c1-17-14-13(16)12(7-8-18-14)15(20)19-9-10-3-5-11(21-2)6-4-10/h3-8H,9H2,1-2H3,(H,17,18)(H,19,20). The molecule has 1 aromatic carbocycles. The predicted molar refractivity (Wildman–Crippen MR) is 77.9 cm³/mol. The van der Waals surface area contributed by atoms with Crippen LogP contribution in [-0.4, -0.2) is 25.0 Å². The van der Waals surface area contributed by atoms with Crippen molar-refractivity contribution in [3.8, 4) is 5.75 Å². The minimum atomic E-state index is -0.660. The van der Waals surface area contributed by atoms with Gasteiger partial charge in [-0.1, -0.05) is 12.1 Å². The number of aromatic nitrogens is 1. The molecule has 1 amide bonds. The minimum Gasteiger partial charge on any atom is -0.497 e. The fourth-order valence-corrected chi connectivity index (χ4v) is 1.81. The van der Waals surface area contributed by atoms with Crippen LogP contribution in [0.3, 0.4) is 0 Å². The van der Waals surface area contributed by atoms with Crippen LogP contribution in [0.25, 0.3) is 0 Å². The molecule has 0 fully saturated rings. The van der Waals surface area contributed by atoms with E-state index in [0.717, 1.165) is 11.3 Å². The van der Waals surface area contributed by atoms with E-state index in [0.29, 0.717) is 6.54 Å². The van der Waals surface area contributed by atoms with Gasteiger partial charge in [0.1, 0.15) is 5.75 Å². The van der Waals surface area contributed by atoms with E-state index in [1.807, 2.05) is 12.1 Å². The first-order chi connectivity index (χ1) is 10.2. The Morgan fingerprint density at radius 2 is 2.00 bits per heavy atom. The van der Waals surface area contributed by atoms with E-state index in [4.69, 9.17) is 4.74 Å². The fourth-order valence-electron chi connectivity index (χ4n) is 1.81. The highest BCUT2D eigenvalue weighted by molar-refractivity contribution is 5.95. The highest BCUT2D eigenvalue weighted by Crippen LogP contribution is 2.15. The van der Waals surface area contributed by atoms with E-state index in [-0.39, 0.29) is 11.4 Å². The van der Waals surface area contributed by atoms with Crippen LogP contribution in [0.2, 0.25) is 0 Å². The summed E-state index contributed by atoms with van der Waals surface area (Å²) in [4.78, 5) is 15.8. The zero-order chi connectivity index (χ0) is 15.2. The number of anilines is 1. The third-order valence-corrected chi connectivity index (χ3v) is 2.98. The number of nitrogens with one attached hydrogen (secondary N) is 2. The van der Waals surface area contributed by atoms with Gasteiger partial charge in [0.25, 0.3) is 5.91 Å². The van der Waals surface area contributed by atoms with Crippen molar-refractivity contribution in [1.29, 1.82) is 0 Å². The molecule has 1 aromatic heterocycles. The van der Waals surface area contributed by atoms with Gasteiger partial charge in [-0.2, -0.15) is 0 Å². The molecule has 0 saturated carbocycles. The van der Waals surface area contributed by atoms with Crippen LogP contribution < -0.4 is 15.4 Å². The van der Waals surface area contributed by atoms with Gasteiger partial charge in [-0.25, -0.2) is 9.37 Å². The van der Waals surface area contributed by atoms with Gasteiger partial charge in [-0.15, -0.1) is 0 Å². The maximum Gasteiger partial charge on any atom is 0.254 e. The number of benzene rings is 1. The second-order valence-electron chi connectivity index (χ2n) is 4.30. The van der Waals surface area contributed by atoms with E-state index in [2.05, 4.69) is 15.6 Å². The van der Waals surface area contributed by atoms with Crippen LogP contribution in [0.4, 0.5) is 10.2 Å². The van der Waals surface area contributed by atoms with Gasteiger partial charge < -0.3 is 15.4 Å². The molecule has 5 nitrogen and oxygen atoms in total. The average molecular weight is 289 g/mol. The number of hydrogen-bond donors (Lipinski definition) is 2. The van der Waals surface area contributed by atoms with Gasteiger partial charge in [0.15, 0.2) is 11.6 Å². The molecule has 0 spiro atoms. The van der Waals surface area contributed by atoms with E-state index in [1.54, 1.807) is 26.3 Å². The van der Waals surface area contributed by atoms with Crippen LogP contribution in [0, 0.1) is 5.82 Å². The summed E-state index contributed by atoms with van der Waals surface area (Å²) in [5.74, 6) is -0.356. The van der Waals surface area contributed by atoms with Crippen LogP contribution in [0.15, 0.2) is 36.5 Å². The van der Waals surface area contributed by atoms with E-state index >= 15 is 0 Å². The van der Waals surface area contributed by atoms with E-state index in [9.17, 15) is 9.18 Å². The monoisotopic (exact) mass is 289 g/mol. The molecule has 0 bridgehead atoms. The normalized spacial score (nSPS) is 10.0. The molecule has 1 heterocycles. The lowest BCUT2D eigenvalue weighted by molar-refractivity contribution is 0.0947. The third kappa shape index (κ3) is 3.47. The number of halogens is 1. The largest absolute Gasteiger partial charge is 0.497 e. The zero-order valence-electron chi connectivity index (χ0n) is 11.8. The SMILES string of the molecule is CNc1nccc(C(=O)NCc2ccc(OC)cc2)c1F. The Morgan fingerprint density at radius 3 is 2.62 bits per heavy atom. The maximum absolute atomic E-state index is 13.9. The number of carbonyl (C=O) groups is 1. The third-order valence-electron chi connectivity index (χ3n) is 2.98. The average Bonchev–Trinajstić information content (AvgIpc) is 2.53. The number of carbonyl (C=O) groups excluding carboxylic acids is 1. The molecule has 2 rings (SSSR count). The Kier molecular flexibility index (Phi) is 4.71. The number of nitrogens with zero attached hydrogens (tertiary/aromatic N) is 1. The highest BCUT2D eigenvalue weighted by atomic mass is 19.1. The summed E-state index contributed by atoms with van der Waals surface area (Å²) in [6.45, 7) is 0.305. The molecule has 0 aliphatic carbocycles. The summed E-state index contributed by atoms with van der Waals surface area (Å²) in [6, 6.07) is 8.61. The number of pyridine rings is 1. The Morgan fingerprint density at radius 1 is 1.29 bits per heavy atom. The second-order valence-corrected chi connectivity index (χ2v) is 4.30. The van der Waals surface area contributed by atoms with Gasteiger partial charge in [0.2, 0.25) is 0 Å². The minimum absolute atomic E-state index is 0.0390. The van der Waals surface area contributed by atoms with E-state index in [1.165, 1.54) is 12.3 Å². The number of rotatable bonds is 5. The van der Waals surface area contributed by atoms with Crippen LogP contribution >= 0.6 is 0 Å². The smallest absolute Gasteiger partial charge is 0.254 e. The lowest BCUT2D eigenvalue weighted by Gasteiger charge is -2.08. The first-order valence-electron chi connectivity index (χ1n) is 6.39. The van der Waals surface area contributed by atoms with Crippen molar-refractivity contribution < 1.29 is 13.9 Å². The highest BCUT2D eigenvalue weighted by Gasteiger charge is 2.15. The molecule has 21 heavy (non-hydrogen) atoms. The van der Waals surface area contributed by atoms with Crippen molar-refractivity contribution in [1.82, 2.24) is 10.3 Å².